The van der Waals surface area contributed by atoms with Crippen molar-refractivity contribution in [3.05, 3.63) is 212 Å². The first kappa shape index (κ1) is 35.6. The summed E-state index contributed by atoms with van der Waals surface area (Å²) in [6.07, 6.45) is 0. The zero-order valence-corrected chi connectivity index (χ0v) is 34.7. The van der Waals surface area contributed by atoms with Crippen molar-refractivity contribution in [1.82, 2.24) is 24.1 Å². The Labute approximate surface area is 366 Å². The second kappa shape index (κ2) is 14.2. The minimum Gasteiger partial charge on any atom is -0.309 e. The van der Waals surface area contributed by atoms with Crippen LogP contribution in [0.2, 0.25) is 0 Å². The first-order valence-corrected chi connectivity index (χ1v) is 22.0. The van der Waals surface area contributed by atoms with E-state index in [1.54, 1.807) is 0 Å². The van der Waals surface area contributed by atoms with E-state index in [9.17, 15) is 0 Å². The molecule has 0 aliphatic heterocycles. The number of rotatable bonds is 6. The number of aromatic nitrogens is 5. The van der Waals surface area contributed by atoms with E-state index in [2.05, 4.69) is 161 Å². The largest absolute Gasteiger partial charge is 0.309 e. The molecule has 0 bridgehead atoms. The van der Waals surface area contributed by atoms with Gasteiger partial charge in [0.2, 0.25) is 0 Å². The van der Waals surface area contributed by atoms with Gasteiger partial charge >= 0.3 is 0 Å². The fourth-order valence-electron chi connectivity index (χ4n) is 9.45. The third kappa shape index (κ3) is 5.73. The molecular weight excluding hydrogens is 787 g/mol. The molecule has 0 amide bonds. The SMILES string of the molecule is c1ccc(-c2nc(-c3ccccc3)nc(-c3ccc(-n4c5ccccc5c5ccc(-c6ccc7c(c6)c6ccccc6n7-c6cccc7c6sc6ccccc67)cc54)cc3)n2)cc1. The van der Waals surface area contributed by atoms with Crippen LogP contribution in [0.4, 0.5) is 0 Å². The van der Waals surface area contributed by atoms with Gasteiger partial charge in [0.05, 0.1) is 32.5 Å². The summed E-state index contributed by atoms with van der Waals surface area (Å²) in [7, 11) is 0. The van der Waals surface area contributed by atoms with Gasteiger partial charge in [-0.05, 0) is 77.9 Å². The molecule has 5 nitrogen and oxygen atoms in total. The van der Waals surface area contributed by atoms with Gasteiger partial charge in [-0.1, -0.05) is 146 Å². The Morgan fingerprint density at radius 2 is 0.794 bits per heavy atom. The van der Waals surface area contributed by atoms with E-state index in [0.717, 1.165) is 33.4 Å². The monoisotopic (exact) mass is 821 g/mol. The van der Waals surface area contributed by atoms with Crippen molar-refractivity contribution in [1.29, 1.82) is 0 Å². The van der Waals surface area contributed by atoms with E-state index in [-0.39, 0.29) is 0 Å². The number of benzene rings is 9. The summed E-state index contributed by atoms with van der Waals surface area (Å²) in [5.74, 6) is 1.93. The van der Waals surface area contributed by atoms with E-state index in [0.29, 0.717) is 17.5 Å². The first-order valence-electron chi connectivity index (χ1n) is 21.2. The van der Waals surface area contributed by atoms with Crippen molar-refractivity contribution in [3.63, 3.8) is 0 Å². The quantitative estimate of drug-likeness (QED) is 0.168. The molecule has 0 aliphatic rings. The van der Waals surface area contributed by atoms with Crippen LogP contribution in [0.5, 0.6) is 0 Å². The van der Waals surface area contributed by atoms with Gasteiger partial charge in [0.25, 0.3) is 0 Å². The van der Waals surface area contributed by atoms with E-state index in [4.69, 9.17) is 15.0 Å². The molecule has 0 fully saturated rings. The molecule has 0 spiro atoms. The lowest BCUT2D eigenvalue weighted by atomic mass is 10.0. The maximum Gasteiger partial charge on any atom is 0.164 e. The maximum atomic E-state index is 4.99. The Morgan fingerprint density at radius 3 is 1.49 bits per heavy atom. The van der Waals surface area contributed by atoms with Crippen LogP contribution in [0, 0.1) is 0 Å². The van der Waals surface area contributed by atoms with Crippen LogP contribution in [0.15, 0.2) is 212 Å². The van der Waals surface area contributed by atoms with E-state index in [1.807, 2.05) is 72.0 Å². The van der Waals surface area contributed by atoms with Crippen LogP contribution in [0.3, 0.4) is 0 Å². The van der Waals surface area contributed by atoms with Crippen LogP contribution in [-0.2, 0) is 0 Å². The fraction of sp³-hybridized carbons (Fsp3) is 0. The molecule has 0 N–H and O–H groups in total. The van der Waals surface area contributed by atoms with Crippen LogP contribution < -0.4 is 0 Å². The molecule has 4 heterocycles. The Hall–Kier alpha value is -8.19. The van der Waals surface area contributed by atoms with Crippen molar-refractivity contribution < 1.29 is 0 Å². The molecule has 13 aromatic rings. The van der Waals surface area contributed by atoms with E-state index in [1.165, 1.54) is 69.6 Å². The highest BCUT2D eigenvalue weighted by Gasteiger charge is 2.19. The summed E-state index contributed by atoms with van der Waals surface area (Å²) in [6, 6.07) is 75.7. The van der Waals surface area contributed by atoms with Gasteiger partial charge < -0.3 is 9.13 Å². The summed E-state index contributed by atoms with van der Waals surface area (Å²) in [4.78, 5) is 14.9. The maximum absolute atomic E-state index is 4.99. The lowest BCUT2D eigenvalue weighted by Crippen LogP contribution is -2.00. The molecular formula is C57H35N5S. The lowest BCUT2D eigenvalue weighted by Gasteiger charge is -2.12. The van der Waals surface area contributed by atoms with Gasteiger partial charge in [-0.2, -0.15) is 0 Å². The van der Waals surface area contributed by atoms with Gasteiger partial charge in [0, 0.05) is 59.4 Å². The van der Waals surface area contributed by atoms with Gasteiger partial charge in [-0.15, -0.1) is 11.3 Å². The van der Waals surface area contributed by atoms with Gasteiger partial charge in [0.1, 0.15) is 0 Å². The molecule has 294 valence electrons. The van der Waals surface area contributed by atoms with Crippen LogP contribution >= 0.6 is 11.3 Å². The summed E-state index contributed by atoms with van der Waals surface area (Å²) in [6.45, 7) is 0. The minimum absolute atomic E-state index is 0.635. The number of para-hydroxylation sites is 2. The van der Waals surface area contributed by atoms with Gasteiger partial charge in [0.15, 0.2) is 17.5 Å². The Morgan fingerprint density at radius 1 is 0.302 bits per heavy atom. The van der Waals surface area contributed by atoms with Gasteiger partial charge in [-0.3, -0.25) is 0 Å². The Bertz CT molecular complexity index is 3840. The highest BCUT2D eigenvalue weighted by Crippen LogP contribution is 2.42. The smallest absolute Gasteiger partial charge is 0.164 e. The second-order valence-corrected chi connectivity index (χ2v) is 17.1. The minimum atomic E-state index is 0.635. The van der Waals surface area contributed by atoms with Crippen molar-refractivity contribution in [2.45, 2.75) is 0 Å². The van der Waals surface area contributed by atoms with Crippen LogP contribution in [-0.4, -0.2) is 24.1 Å². The fourth-order valence-corrected chi connectivity index (χ4v) is 10.7. The van der Waals surface area contributed by atoms with Crippen LogP contribution in [0.25, 0.3) is 120 Å². The zero-order valence-electron chi connectivity index (χ0n) is 33.9. The van der Waals surface area contributed by atoms with Crippen molar-refractivity contribution in [3.8, 4) is 56.7 Å². The lowest BCUT2D eigenvalue weighted by molar-refractivity contribution is 1.07. The molecule has 63 heavy (non-hydrogen) atoms. The predicted octanol–water partition coefficient (Wildman–Crippen LogP) is 15.1. The molecule has 9 aromatic carbocycles. The normalized spacial score (nSPS) is 11.8. The molecule has 4 aromatic heterocycles. The molecule has 13 rings (SSSR count). The highest BCUT2D eigenvalue weighted by atomic mass is 32.1. The van der Waals surface area contributed by atoms with Crippen molar-refractivity contribution in [2.75, 3.05) is 0 Å². The molecule has 0 aliphatic carbocycles. The molecule has 0 saturated carbocycles. The summed E-state index contributed by atoms with van der Waals surface area (Å²) >= 11 is 1.87. The first-order chi connectivity index (χ1) is 31.2. The second-order valence-electron chi connectivity index (χ2n) is 16.0. The number of thiophene rings is 1. The topological polar surface area (TPSA) is 48.5 Å². The molecule has 0 unspecified atom stereocenters. The number of hydrogen-bond donors (Lipinski definition) is 0. The standard InChI is InChI=1S/C57H35N5S/c1-3-14-36(15-4-1)55-58-56(37-16-5-2-6-17-37)60-57(59-55)38-26-30-41(31-27-38)61-48-22-10-7-18-42(48)44-32-28-40(35-52(44)61)39-29-33-50-47(34-39)43-19-8-11-23-49(43)62(50)51-24-13-21-46-45-20-9-12-25-53(45)63-54(46)51/h1-35H. The number of nitrogens with zero attached hydrogens (tertiary/aromatic N) is 5. The number of fused-ring (bicyclic) bond motifs is 9. The summed E-state index contributed by atoms with van der Waals surface area (Å²) in [5.41, 5.74) is 12.2. The van der Waals surface area contributed by atoms with Crippen LogP contribution in [0.1, 0.15) is 0 Å². The van der Waals surface area contributed by atoms with E-state index >= 15 is 0 Å². The van der Waals surface area contributed by atoms with Crippen molar-refractivity contribution in [2.24, 2.45) is 0 Å². The third-order valence-electron chi connectivity index (χ3n) is 12.4. The Kier molecular flexibility index (Phi) is 8.01. The predicted molar refractivity (Wildman–Crippen MR) is 263 cm³/mol. The van der Waals surface area contributed by atoms with Gasteiger partial charge in [-0.25, -0.2) is 15.0 Å². The molecule has 0 saturated heterocycles. The highest BCUT2D eigenvalue weighted by molar-refractivity contribution is 7.26. The average Bonchev–Trinajstić information content (AvgIpc) is 4.02. The van der Waals surface area contributed by atoms with Crippen molar-refractivity contribution >= 4 is 75.1 Å². The van der Waals surface area contributed by atoms with E-state index < -0.39 is 0 Å². The Balaban J connectivity index is 0.936. The molecule has 0 radical (unpaired) electrons. The third-order valence-corrected chi connectivity index (χ3v) is 13.6. The average molecular weight is 822 g/mol. The molecule has 6 heteroatoms. The molecule has 0 atom stereocenters. The summed E-state index contributed by atoms with van der Waals surface area (Å²) in [5, 5.41) is 7.52. The zero-order chi connectivity index (χ0) is 41.4. The summed E-state index contributed by atoms with van der Waals surface area (Å²) < 4.78 is 7.45. The number of hydrogen-bond acceptors (Lipinski definition) is 4.